The van der Waals surface area contributed by atoms with E-state index in [4.69, 9.17) is 4.74 Å². The van der Waals surface area contributed by atoms with Gasteiger partial charge in [-0.1, -0.05) is 0 Å². The second-order valence-corrected chi connectivity index (χ2v) is 6.31. The van der Waals surface area contributed by atoms with Crippen LogP contribution in [-0.4, -0.2) is 66.3 Å². The van der Waals surface area contributed by atoms with E-state index in [9.17, 15) is 18.7 Å². The molecule has 2 aliphatic heterocycles. The van der Waals surface area contributed by atoms with Gasteiger partial charge in [-0.25, -0.2) is 8.78 Å². The molecule has 24 heavy (non-hydrogen) atoms. The molecule has 7 heteroatoms. The molecule has 0 unspecified atom stereocenters. The number of nitrogens with zero attached hydrogens (tertiary/aromatic N) is 2. The maximum atomic E-state index is 14.0. The number of likely N-dealkylation sites (tertiary alicyclic amines) is 1. The van der Waals surface area contributed by atoms with Crippen LogP contribution in [0.3, 0.4) is 0 Å². The third-order valence-corrected chi connectivity index (χ3v) is 4.68. The first-order valence-electron chi connectivity index (χ1n) is 8.27. The summed E-state index contributed by atoms with van der Waals surface area (Å²) >= 11 is 0. The number of hydrogen-bond acceptors (Lipinski definition) is 4. The molecule has 1 aromatic carbocycles. The van der Waals surface area contributed by atoms with Gasteiger partial charge in [0.15, 0.2) is 0 Å². The van der Waals surface area contributed by atoms with Crippen molar-refractivity contribution in [3.8, 4) is 0 Å². The topological polar surface area (TPSA) is 53.0 Å². The maximum absolute atomic E-state index is 14.0. The monoisotopic (exact) mass is 340 g/mol. The summed E-state index contributed by atoms with van der Waals surface area (Å²) < 4.78 is 32.7. The minimum atomic E-state index is -0.601. The Morgan fingerprint density at radius 2 is 2.04 bits per heavy atom. The van der Waals surface area contributed by atoms with Crippen molar-refractivity contribution < 1.29 is 23.4 Å². The molecule has 0 saturated carbocycles. The lowest BCUT2D eigenvalue weighted by molar-refractivity contribution is -0.135. The SMILES string of the molecule is O=C(CCN1C[C@H](O)C[C@@H]1c1cc(F)ccc1F)N1CCOCC1. The van der Waals surface area contributed by atoms with Gasteiger partial charge >= 0.3 is 0 Å². The average Bonchev–Trinajstić information content (AvgIpc) is 2.96. The number of carbonyl (C=O) groups is 1. The van der Waals surface area contributed by atoms with Crippen LogP contribution < -0.4 is 0 Å². The number of β-amino-alcohol motifs (C(OH)–C–C–N with tert-alkyl or cyclic N) is 1. The molecule has 1 aromatic rings. The average molecular weight is 340 g/mol. The van der Waals surface area contributed by atoms with Crippen LogP contribution in [0.15, 0.2) is 18.2 Å². The van der Waals surface area contributed by atoms with Crippen LogP contribution in [0.4, 0.5) is 8.78 Å². The standard InChI is InChI=1S/C17H22F2N2O3/c18-12-1-2-15(19)14(9-12)16-10-13(22)11-21(16)4-3-17(23)20-5-7-24-8-6-20/h1-2,9,13,16,22H,3-8,10-11H2/t13-,16-/m1/s1. The Hall–Kier alpha value is -1.57. The number of halogens is 2. The van der Waals surface area contributed by atoms with Crippen molar-refractivity contribution >= 4 is 5.91 Å². The van der Waals surface area contributed by atoms with Crippen molar-refractivity contribution in [2.75, 3.05) is 39.4 Å². The summed E-state index contributed by atoms with van der Waals surface area (Å²) in [6.45, 7) is 3.04. The molecule has 0 aliphatic carbocycles. The molecule has 0 spiro atoms. The van der Waals surface area contributed by atoms with Crippen LogP contribution in [0.2, 0.25) is 0 Å². The quantitative estimate of drug-likeness (QED) is 0.898. The van der Waals surface area contributed by atoms with Gasteiger partial charge in [0, 0.05) is 44.2 Å². The Morgan fingerprint density at radius 1 is 1.29 bits per heavy atom. The Labute approximate surface area is 139 Å². The molecule has 2 fully saturated rings. The van der Waals surface area contributed by atoms with Crippen LogP contribution in [0.5, 0.6) is 0 Å². The summed E-state index contributed by atoms with van der Waals surface area (Å²) in [5.41, 5.74) is 0.241. The summed E-state index contributed by atoms with van der Waals surface area (Å²) in [4.78, 5) is 15.9. The number of hydrogen-bond donors (Lipinski definition) is 1. The largest absolute Gasteiger partial charge is 0.392 e. The molecule has 0 aromatic heterocycles. The normalized spacial score (nSPS) is 25.2. The molecule has 2 heterocycles. The fourth-order valence-corrected chi connectivity index (χ4v) is 3.43. The molecule has 1 N–H and O–H groups in total. The summed E-state index contributed by atoms with van der Waals surface area (Å²) in [7, 11) is 0. The molecule has 1 amide bonds. The van der Waals surface area contributed by atoms with Gasteiger partial charge in [0.25, 0.3) is 0 Å². The van der Waals surface area contributed by atoms with Gasteiger partial charge in [0.2, 0.25) is 5.91 Å². The number of benzene rings is 1. The molecule has 2 atom stereocenters. The molecule has 0 bridgehead atoms. The van der Waals surface area contributed by atoms with E-state index in [0.29, 0.717) is 52.2 Å². The van der Waals surface area contributed by atoms with Crippen molar-refractivity contribution in [1.29, 1.82) is 0 Å². The van der Waals surface area contributed by atoms with Crippen molar-refractivity contribution in [2.45, 2.75) is 25.0 Å². The molecule has 0 radical (unpaired) electrons. The predicted octanol–water partition coefficient (Wildman–Crippen LogP) is 1.32. The van der Waals surface area contributed by atoms with E-state index < -0.39 is 23.8 Å². The number of rotatable bonds is 4. The molecule has 5 nitrogen and oxygen atoms in total. The number of amides is 1. The molecular formula is C17H22F2N2O3. The van der Waals surface area contributed by atoms with Gasteiger partial charge in [-0.05, 0) is 24.6 Å². The zero-order valence-corrected chi connectivity index (χ0v) is 13.5. The lowest BCUT2D eigenvalue weighted by Gasteiger charge is -2.29. The van der Waals surface area contributed by atoms with Crippen molar-refractivity contribution in [3.63, 3.8) is 0 Å². The van der Waals surface area contributed by atoms with Gasteiger partial charge in [-0.3, -0.25) is 9.69 Å². The lowest BCUT2D eigenvalue weighted by Crippen LogP contribution is -2.42. The van der Waals surface area contributed by atoms with E-state index in [0.717, 1.165) is 12.1 Å². The molecule has 2 aliphatic rings. The zero-order chi connectivity index (χ0) is 17.1. The fourth-order valence-electron chi connectivity index (χ4n) is 3.43. The van der Waals surface area contributed by atoms with E-state index in [1.54, 1.807) is 4.90 Å². The highest BCUT2D eigenvalue weighted by molar-refractivity contribution is 5.76. The van der Waals surface area contributed by atoms with E-state index in [1.165, 1.54) is 6.07 Å². The first-order valence-corrected chi connectivity index (χ1v) is 8.27. The number of carbonyl (C=O) groups excluding carboxylic acids is 1. The number of aliphatic hydroxyl groups is 1. The van der Waals surface area contributed by atoms with E-state index in [2.05, 4.69) is 0 Å². The summed E-state index contributed by atoms with van der Waals surface area (Å²) in [6.07, 6.45) is 0.0304. The van der Waals surface area contributed by atoms with Crippen molar-refractivity contribution in [2.24, 2.45) is 0 Å². The van der Waals surface area contributed by atoms with Crippen LogP contribution >= 0.6 is 0 Å². The Kier molecular flexibility index (Phi) is 5.43. The van der Waals surface area contributed by atoms with Gasteiger partial charge in [0.05, 0.1) is 19.3 Å². The van der Waals surface area contributed by atoms with Crippen LogP contribution in [-0.2, 0) is 9.53 Å². The fraction of sp³-hybridized carbons (Fsp3) is 0.588. The van der Waals surface area contributed by atoms with Crippen molar-refractivity contribution in [3.05, 3.63) is 35.4 Å². The molecule has 132 valence electrons. The summed E-state index contributed by atoms with van der Waals surface area (Å²) in [5.74, 6) is -0.963. The number of aliphatic hydroxyl groups excluding tert-OH is 1. The number of ether oxygens (including phenoxy) is 1. The highest BCUT2D eigenvalue weighted by atomic mass is 19.1. The third-order valence-electron chi connectivity index (χ3n) is 4.68. The molecule has 3 rings (SSSR count). The van der Waals surface area contributed by atoms with E-state index in [1.807, 2.05) is 4.90 Å². The molecular weight excluding hydrogens is 318 g/mol. The molecule has 2 saturated heterocycles. The Bertz CT molecular complexity index is 593. The van der Waals surface area contributed by atoms with Crippen LogP contribution in [0, 0.1) is 11.6 Å². The first kappa shape index (κ1) is 17.3. The van der Waals surface area contributed by atoms with E-state index in [-0.39, 0.29) is 11.5 Å². The lowest BCUT2D eigenvalue weighted by atomic mass is 10.0. The smallest absolute Gasteiger partial charge is 0.224 e. The highest BCUT2D eigenvalue weighted by Crippen LogP contribution is 2.34. The first-order chi connectivity index (χ1) is 11.5. The van der Waals surface area contributed by atoms with Gasteiger partial charge in [0.1, 0.15) is 11.6 Å². The van der Waals surface area contributed by atoms with Gasteiger partial charge in [-0.15, -0.1) is 0 Å². The van der Waals surface area contributed by atoms with Crippen LogP contribution in [0.25, 0.3) is 0 Å². The number of morpholine rings is 1. The summed E-state index contributed by atoms with van der Waals surface area (Å²) in [5, 5.41) is 9.94. The minimum absolute atomic E-state index is 0.0261. The Balaban J connectivity index is 1.65. The maximum Gasteiger partial charge on any atom is 0.224 e. The van der Waals surface area contributed by atoms with E-state index >= 15 is 0 Å². The Morgan fingerprint density at radius 3 is 2.79 bits per heavy atom. The van der Waals surface area contributed by atoms with Crippen molar-refractivity contribution in [1.82, 2.24) is 9.80 Å². The van der Waals surface area contributed by atoms with Gasteiger partial charge < -0.3 is 14.7 Å². The van der Waals surface area contributed by atoms with Crippen LogP contribution in [0.1, 0.15) is 24.4 Å². The van der Waals surface area contributed by atoms with Gasteiger partial charge in [-0.2, -0.15) is 0 Å². The second-order valence-electron chi connectivity index (χ2n) is 6.31. The minimum Gasteiger partial charge on any atom is -0.392 e. The second kappa shape index (κ2) is 7.55. The zero-order valence-electron chi connectivity index (χ0n) is 13.5. The highest BCUT2D eigenvalue weighted by Gasteiger charge is 2.34. The third kappa shape index (κ3) is 3.91. The predicted molar refractivity (Wildman–Crippen MR) is 83.3 cm³/mol. The summed E-state index contributed by atoms with van der Waals surface area (Å²) in [6, 6.07) is 2.95.